The summed E-state index contributed by atoms with van der Waals surface area (Å²) in [6, 6.07) is 1.69. The summed E-state index contributed by atoms with van der Waals surface area (Å²) < 4.78 is 0. The second-order valence-corrected chi connectivity index (χ2v) is 7.48. The first-order valence-electron chi connectivity index (χ1n) is 7.34. The van der Waals surface area contributed by atoms with Gasteiger partial charge in [-0.15, -0.1) is 0 Å². The highest BCUT2D eigenvalue weighted by molar-refractivity contribution is 7.99. The van der Waals surface area contributed by atoms with Crippen molar-refractivity contribution in [3.63, 3.8) is 0 Å². The van der Waals surface area contributed by atoms with E-state index in [1.54, 1.807) is 0 Å². The van der Waals surface area contributed by atoms with E-state index in [0.29, 0.717) is 0 Å². The van der Waals surface area contributed by atoms with Crippen molar-refractivity contribution in [3.05, 3.63) is 0 Å². The van der Waals surface area contributed by atoms with E-state index < -0.39 is 0 Å². The standard InChI is InChI=1S/C14H28N2S/c1-12(2)17-10-9-16(14-6-7-14)11-13-5-3-4-8-15-13/h12-15H,3-11H2,1-2H3. The van der Waals surface area contributed by atoms with Crippen molar-refractivity contribution in [2.75, 3.05) is 25.4 Å². The van der Waals surface area contributed by atoms with Crippen LogP contribution in [0.1, 0.15) is 46.0 Å². The van der Waals surface area contributed by atoms with Crippen LogP contribution in [-0.2, 0) is 0 Å². The fourth-order valence-corrected chi connectivity index (χ4v) is 3.44. The monoisotopic (exact) mass is 256 g/mol. The molecule has 0 amide bonds. The first-order valence-corrected chi connectivity index (χ1v) is 8.39. The summed E-state index contributed by atoms with van der Waals surface area (Å²) in [5, 5.41) is 4.46. The molecule has 2 fully saturated rings. The van der Waals surface area contributed by atoms with Crippen LogP contribution in [0.5, 0.6) is 0 Å². The lowest BCUT2D eigenvalue weighted by Gasteiger charge is -2.30. The zero-order valence-corrected chi connectivity index (χ0v) is 12.3. The predicted octanol–water partition coefficient (Wildman–Crippen LogP) is 2.73. The molecule has 0 bridgehead atoms. The summed E-state index contributed by atoms with van der Waals surface area (Å²) in [6.07, 6.45) is 7.08. The number of rotatable bonds is 7. The van der Waals surface area contributed by atoms with Crippen LogP contribution in [0.25, 0.3) is 0 Å². The van der Waals surface area contributed by atoms with Crippen molar-refractivity contribution >= 4 is 11.8 Å². The van der Waals surface area contributed by atoms with Crippen molar-refractivity contribution in [1.29, 1.82) is 0 Å². The Labute approximate surface area is 111 Å². The Morgan fingerprint density at radius 1 is 1.24 bits per heavy atom. The lowest BCUT2D eigenvalue weighted by Crippen LogP contribution is -2.45. The largest absolute Gasteiger partial charge is 0.313 e. The second kappa shape index (κ2) is 7.01. The van der Waals surface area contributed by atoms with Gasteiger partial charge in [-0.1, -0.05) is 20.3 Å². The Morgan fingerprint density at radius 3 is 2.65 bits per heavy atom. The van der Waals surface area contributed by atoms with Crippen LogP contribution in [0.2, 0.25) is 0 Å². The van der Waals surface area contributed by atoms with Crippen molar-refractivity contribution < 1.29 is 0 Å². The molecule has 100 valence electrons. The van der Waals surface area contributed by atoms with Crippen LogP contribution in [-0.4, -0.2) is 47.6 Å². The minimum absolute atomic E-state index is 0.772. The van der Waals surface area contributed by atoms with E-state index in [0.717, 1.165) is 17.3 Å². The maximum absolute atomic E-state index is 3.68. The number of nitrogens with zero attached hydrogens (tertiary/aromatic N) is 1. The van der Waals surface area contributed by atoms with E-state index in [9.17, 15) is 0 Å². The van der Waals surface area contributed by atoms with E-state index in [1.165, 1.54) is 57.5 Å². The molecule has 1 saturated carbocycles. The fraction of sp³-hybridized carbons (Fsp3) is 1.00. The Hall–Kier alpha value is 0.270. The lowest BCUT2D eigenvalue weighted by molar-refractivity contribution is 0.226. The smallest absolute Gasteiger partial charge is 0.0195 e. The van der Waals surface area contributed by atoms with E-state index in [4.69, 9.17) is 0 Å². The summed E-state index contributed by atoms with van der Waals surface area (Å²) >= 11 is 2.10. The summed E-state index contributed by atoms with van der Waals surface area (Å²) in [5.41, 5.74) is 0. The molecule has 2 aliphatic rings. The van der Waals surface area contributed by atoms with Crippen LogP contribution in [0, 0.1) is 0 Å². The molecule has 1 atom stereocenters. The van der Waals surface area contributed by atoms with Gasteiger partial charge in [0.15, 0.2) is 0 Å². The maximum Gasteiger partial charge on any atom is 0.0195 e. The number of piperidine rings is 1. The second-order valence-electron chi connectivity index (χ2n) is 5.79. The van der Waals surface area contributed by atoms with Crippen LogP contribution in [0.3, 0.4) is 0 Å². The molecule has 1 heterocycles. The third kappa shape index (κ3) is 5.19. The molecule has 1 unspecified atom stereocenters. The SMILES string of the molecule is CC(C)SCCN(CC1CCCCN1)C1CC1. The molecule has 1 saturated heterocycles. The van der Waals surface area contributed by atoms with Crippen molar-refractivity contribution in [2.24, 2.45) is 0 Å². The van der Waals surface area contributed by atoms with Gasteiger partial charge < -0.3 is 5.32 Å². The predicted molar refractivity (Wildman–Crippen MR) is 77.8 cm³/mol. The van der Waals surface area contributed by atoms with Crippen LogP contribution >= 0.6 is 11.8 Å². The quantitative estimate of drug-likeness (QED) is 0.754. The molecule has 17 heavy (non-hydrogen) atoms. The van der Waals surface area contributed by atoms with Gasteiger partial charge in [0.05, 0.1) is 0 Å². The minimum Gasteiger partial charge on any atom is -0.313 e. The third-order valence-electron chi connectivity index (χ3n) is 3.76. The van der Waals surface area contributed by atoms with Crippen molar-refractivity contribution in [2.45, 2.75) is 63.3 Å². The third-order valence-corrected chi connectivity index (χ3v) is 4.85. The van der Waals surface area contributed by atoms with Gasteiger partial charge in [-0.3, -0.25) is 4.90 Å². The molecular formula is C14H28N2S. The summed E-state index contributed by atoms with van der Waals surface area (Å²) in [7, 11) is 0. The molecule has 3 heteroatoms. The van der Waals surface area contributed by atoms with E-state index in [2.05, 4.69) is 35.8 Å². The first-order chi connectivity index (χ1) is 8.25. The summed E-state index contributed by atoms with van der Waals surface area (Å²) in [4.78, 5) is 2.75. The summed E-state index contributed by atoms with van der Waals surface area (Å²) in [5.74, 6) is 1.31. The van der Waals surface area contributed by atoms with Gasteiger partial charge in [0.2, 0.25) is 0 Å². The molecule has 1 N–H and O–H groups in total. The zero-order valence-electron chi connectivity index (χ0n) is 11.5. The van der Waals surface area contributed by atoms with Crippen LogP contribution in [0.4, 0.5) is 0 Å². The van der Waals surface area contributed by atoms with Gasteiger partial charge in [-0.2, -0.15) is 11.8 Å². The Kier molecular flexibility index (Phi) is 5.64. The number of hydrogen-bond acceptors (Lipinski definition) is 3. The number of nitrogens with one attached hydrogen (secondary N) is 1. The molecule has 1 aliphatic carbocycles. The van der Waals surface area contributed by atoms with Gasteiger partial charge >= 0.3 is 0 Å². The lowest BCUT2D eigenvalue weighted by atomic mass is 10.0. The Balaban J connectivity index is 1.68. The molecule has 0 aromatic heterocycles. The fourth-order valence-electron chi connectivity index (χ4n) is 2.63. The van der Waals surface area contributed by atoms with E-state index in [1.807, 2.05) is 0 Å². The van der Waals surface area contributed by atoms with Gasteiger partial charge in [0.1, 0.15) is 0 Å². The Morgan fingerprint density at radius 2 is 2.06 bits per heavy atom. The highest BCUT2D eigenvalue weighted by Crippen LogP contribution is 2.28. The molecule has 1 aliphatic heterocycles. The average Bonchev–Trinajstić information content (AvgIpc) is 3.12. The van der Waals surface area contributed by atoms with Crippen molar-refractivity contribution in [1.82, 2.24) is 10.2 Å². The molecule has 0 aromatic rings. The average molecular weight is 256 g/mol. The van der Waals surface area contributed by atoms with Crippen LogP contribution in [0.15, 0.2) is 0 Å². The van der Waals surface area contributed by atoms with Gasteiger partial charge in [0.25, 0.3) is 0 Å². The first kappa shape index (κ1) is 13.7. The van der Waals surface area contributed by atoms with Gasteiger partial charge in [-0.05, 0) is 37.5 Å². The highest BCUT2D eigenvalue weighted by Gasteiger charge is 2.30. The molecule has 0 radical (unpaired) electrons. The number of hydrogen-bond donors (Lipinski definition) is 1. The topological polar surface area (TPSA) is 15.3 Å². The van der Waals surface area contributed by atoms with Gasteiger partial charge in [0, 0.05) is 30.9 Å². The van der Waals surface area contributed by atoms with E-state index >= 15 is 0 Å². The molecule has 0 spiro atoms. The minimum atomic E-state index is 0.772. The Bertz CT molecular complexity index is 210. The zero-order chi connectivity index (χ0) is 12.1. The molecular weight excluding hydrogens is 228 g/mol. The normalized spacial score (nSPS) is 25.8. The van der Waals surface area contributed by atoms with Crippen LogP contribution < -0.4 is 5.32 Å². The molecule has 2 nitrogen and oxygen atoms in total. The maximum atomic E-state index is 3.68. The summed E-state index contributed by atoms with van der Waals surface area (Å²) in [6.45, 7) is 8.43. The number of thioether (sulfide) groups is 1. The van der Waals surface area contributed by atoms with Gasteiger partial charge in [-0.25, -0.2) is 0 Å². The highest BCUT2D eigenvalue weighted by atomic mass is 32.2. The molecule has 2 rings (SSSR count). The molecule has 0 aromatic carbocycles. The van der Waals surface area contributed by atoms with E-state index in [-0.39, 0.29) is 0 Å². The van der Waals surface area contributed by atoms with Crippen molar-refractivity contribution in [3.8, 4) is 0 Å².